The van der Waals surface area contributed by atoms with E-state index in [0.29, 0.717) is 5.54 Å². The van der Waals surface area contributed by atoms with Crippen molar-refractivity contribution in [3.63, 3.8) is 0 Å². The summed E-state index contributed by atoms with van der Waals surface area (Å²) in [7, 11) is 4.28. The van der Waals surface area contributed by atoms with E-state index in [2.05, 4.69) is 23.9 Å². The van der Waals surface area contributed by atoms with Gasteiger partial charge in [0.25, 0.3) is 0 Å². The summed E-state index contributed by atoms with van der Waals surface area (Å²) in [5, 5.41) is 0. The van der Waals surface area contributed by atoms with Crippen LogP contribution in [0.15, 0.2) is 0 Å². The Morgan fingerprint density at radius 3 is 2.77 bits per heavy atom. The van der Waals surface area contributed by atoms with Gasteiger partial charge >= 0.3 is 0 Å². The second-order valence-corrected chi connectivity index (χ2v) is 4.57. The zero-order chi connectivity index (χ0) is 9.31. The Kier molecular flexibility index (Phi) is 2.58. The number of hydrogen-bond acceptors (Lipinski definition) is 3. The number of hydrogen-bond donors (Lipinski definition) is 0. The lowest BCUT2D eigenvalue weighted by Gasteiger charge is -2.36. The van der Waals surface area contributed by atoms with Gasteiger partial charge in [-0.2, -0.15) is 0 Å². The molecule has 0 amide bonds. The van der Waals surface area contributed by atoms with Crippen LogP contribution in [0.25, 0.3) is 0 Å². The van der Waals surface area contributed by atoms with E-state index in [9.17, 15) is 0 Å². The maximum Gasteiger partial charge on any atom is 0.0651 e. The molecule has 0 N–H and O–H groups in total. The van der Waals surface area contributed by atoms with Gasteiger partial charge in [0.05, 0.1) is 13.2 Å². The molecule has 0 aromatic heterocycles. The molecule has 1 saturated heterocycles. The summed E-state index contributed by atoms with van der Waals surface area (Å²) in [6, 6.07) is 0. The molecular weight excluding hydrogens is 164 g/mol. The molecule has 3 nitrogen and oxygen atoms in total. The first-order valence-electron chi connectivity index (χ1n) is 5.20. The summed E-state index contributed by atoms with van der Waals surface area (Å²) >= 11 is 0. The third-order valence-corrected chi connectivity index (χ3v) is 3.19. The minimum atomic E-state index is 0.467. The van der Waals surface area contributed by atoms with Gasteiger partial charge in [-0.1, -0.05) is 0 Å². The first kappa shape index (κ1) is 9.44. The van der Waals surface area contributed by atoms with Crippen molar-refractivity contribution >= 4 is 0 Å². The normalized spacial score (nSPS) is 27.0. The standard InChI is InChI=1S/C10H20N2O/c1-11(2)5-6-12-7-8-13-9-10(12)3-4-10/h3-9H2,1-2H3. The van der Waals surface area contributed by atoms with E-state index < -0.39 is 0 Å². The van der Waals surface area contributed by atoms with Gasteiger partial charge in [-0.05, 0) is 26.9 Å². The summed E-state index contributed by atoms with van der Waals surface area (Å²) < 4.78 is 5.53. The maximum absolute atomic E-state index is 5.53. The molecular formula is C10H20N2O. The smallest absolute Gasteiger partial charge is 0.0651 e. The van der Waals surface area contributed by atoms with E-state index in [-0.39, 0.29) is 0 Å². The second kappa shape index (κ2) is 3.56. The molecule has 2 aliphatic rings. The Morgan fingerprint density at radius 2 is 2.15 bits per heavy atom. The highest BCUT2D eigenvalue weighted by atomic mass is 16.5. The molecule has 2 fully saturated rings. The molecule has 0 bridgehead atoms. The number of ether oxygens (including phenoxy) is 1. The van der Waals surface area contributed by atoms with Crippen LogP contribution < -0.4 is 0 Å². The zero-order valence-corrected chi connectivity index (χ0v) is 8.75. The van der Waals surface area contributed by atoms with Crippen LogP contribution in [0.4, 0.5) is 0 Å². The average Bonchev–Trinajstić information content (AvgIpc) is 2.84. The van der Waals surface area contributed by atoms with Gasteiger partial charge in [-0.15, -0.1) is 0 Å². The number of morpholine rings is 1. The Morgan fingerprint density at radius 1 is 1.38 bits per heavy atom. The molecule has 1 aliphatic carbocycles. The van der Waals surface area contributed by atoms with Crippen LogP contribution in [0.5, 0.6) is 0 Å². The molecule has 0 radical (unpaired) electrons. The molecule has 1 aliphatic heterocycles. The van der Waals surface area contributed by atoms with Gasteiger partial charge < -0.3 is 9.64 Å². The molecule has 1 saturated carbocycles. The van der Waals surface area contributed by atoms with Gasteiger partial charge in [0.2, 0.25) is 0 Å². The fourth-order valence-electron chi connectivity index (χ4n) is 2.04. The second-order valence-electron chi connectivity index (χ2n) is 4.57. The van der Waals surface area contributed by atoms with Crippen LogP contribution in [-0.4, -0.2) is 62.3 Å². The zero-order valence-electron chi connectivity index (χ0n) is 8.75. The van der Waals surface area contributed by atoms with E-state index in [4.69, 9.17) is 4.74 Å². The molecule has 13 heavy (non-hydrogen) atoms. The molecule has 0 aromatic carbocycles. The summed E-state index contributed by atoms with van der Waals surface area (Å²) in [5.74, 6) is 0. The lowest BCUT2D eigenvalue weighted by Crippen LogP contribution is -2.49. The lowest BCUT2D eigenvalue weighted by atomic mass is 10.2. The summed E-state index contributed by atoms with van der Waals surface area (Å²) in [6.45, 7) is 5.40. The molecule has 1 heterocycles. The Hall–Kier alpha value is -0.120. The SMILES string of the molecule is CN(C)CCN1CCOCC12CC2. The highest BCUT2D eigenvalue weighted by Gasteiger charge is 2.49. The minimum Gasteiger partial charge on any atom is -0.378 e. The minimum absolute atomic E-state index is 0.467. The van der Waals surface area contributed by atoms with Crippen molar-refractivity contribution in [2.75, 3.05) is 46.9 Å². The van der Waals surface area contributed by atoms with E-state index in [1.165, 1.54) is 25.9 Å². The maximum atomic E-state index is 5.53. The lowest BCUT2D eigenvalue weighted by molar-refractivity contribution is -0.0220. The molecule has 0 aromatic rings. The Balaban J connectivity index is 1.82. The molecule has 2 rings (SSSR count). The van der Waals surface area contributed by atoms with Crippen LogP contribution in [-0.2, 0) is 4.74 Å². The highest BCUT2D eigenvalue weighted by molar-refractivity contribution is 5.05. The molecule has 1 spiro atoms. The predicted molar refractivity (Wildman–Crippen MR) is 52.9 cm³/mol. The van der Waals surface area contributed by atoms with Crippen LogP contribution in [0.2, 0.25) is 0 Å². The number of rotatable bonds is 3. The van der Waals surface area contributed by atoms with Gasteiger partial charge in [0.15, 0.2) is 0 Å². The van der Waals surface area contributed by atoms with Gasteiger partial charge in [0, 0.05) is 25.2 Å². The summed E-state index contributed by atoms with van der Waals surface area (Å²) in [5.41, 5.74) is 0.467. The molecule has 3 heteroatoms. The van der Waals surface area contributed by atoms with Crippen molar-refractivity contribution < 1.29 is 4.74 Å². The fourth-order valence-corrected chi connectivity index (χ4v) is 2.04. The van der Waals surface area contributed by atoms with E-state index >= 15 is 0 Å². The van der Waals surface area contributed by atoms with Crippen molar-refractivity contribution in [3.8, 4) is 0 Å². The topological polar surface area (TPSA) is 15.7 Å². The predicted octanol–water partition coefficient (Wildman–Crippen LogP) is 0.413. The number of likely N-dealkylation sites (N-methyl/N-ethyl adjacent to an activating group) is 1. The fraction of sp³-hybridized carbons (Fsp3) is 1.00. The van der Waals surface area contributed by atoms with Crippen LogP contribution in [0.3, 0.4) is 0 Å². The summed E-state index contributed by atoms with van der Waals surface area (Å²) in [4.78, 5) is 4.88. The van der Waals surface area contributed by atoms with Crippen LogP contribution in [0, 0.1) is 0 Å². The van der Waals surface area contributed by atoms with Crippen LogP contribution >= 0.6 is 0 Å². The highest BCUT2D eigenvalue weighted by Crippen LogP contribution is 2.43. The van der Waals surface area contributed by atoms with Crippen molar-refractivity contribution in [1.29, 1.82) is 0 Å². The monoisotopic (exact) mass is 184 g/mol. The van der Waals surface area contributed by atoms with E-state index in [0.717, 1.165) is 19.8 Å². The van der Waals surface area contributed by atoms with E-state index in [1.807, 2.05) is 0 Å². The average molecular weight is 184 g/mol. The Bertz CT molecular complexity index is 178. The van der Waals surface area contributed by atoms with Crippen molar-refractivity contribution in [2.24, 2.45) is 0 Å². The van der Waals surface area contributed by atoms with Gasteiger partial charge in [-0.3, -0.25) is 4.90 Å². The molecule has 76 valence electrons. The first-order valence-corrected chi connectivity index (χ1v) is 5.20. The van der Waals surface area contributed by atoms with Crippen LogP contribution in [0.1, 0.15) is 12.8 Å². The van der Waals surface area contributed by atoms with Gasteiger partial charge in [0.1, 0.15) is 0 Å². The first-order chi connectivity index (χ1) is 6.23. The van der Waals surface area contributed by atoms with Gasteiger partial charge in [-0.25, -0.2) is 0 Å². The largest absolute Gasteiger partial charge is 0.378 e. The summed E-state index contributed by atoms with van der Waals surface area (Å²) in [6.07, 6.45) is 2.70. The third kappa shape index (κ3) is 2.03. The Labute approximate surface area is 80.6 Å². The van der Waals surface area contributed by atoms with Crippen molar-refractivity contribution in [3.05, 3.63) is 0 Å². The molecule has 0 unspecified atom stereocenters. The quantitative estimate of drug-likeness (QED) is 0.632. The third-order valence-electron chi connectivity index (χ3n) is 3.19. The number of nitrogens with zero attached hydrogens (tertiary/aromatic N) is 2. The van der Waals surface area contributed by atoms with Crippen molar-refractivity contribution in [2.45, 2.75) is 18.4 Å². The molecule has 0 atom stereocenters. The van der Waals surface area contributed by atoms with Crippen molar-refractivity contribution in [1.82, 2.24) is 9.80 Å². The van der Waals surface area contributed by atoms with E-state index in [1.54, 1.807) is 0 Å².